The van der Waals surface area contributed by atoms with E-state index in [-0.39, 0.29) is 10.9 Å². The number of morpholine rings is 1. The van der Waals surface area contributed by atoms with E-state index in [9.17, 15) is 8.42 Å². The Morgan fingerprint density at radius 1 is 1.07 bits per heavy atom. The molecule has 0 bridgehead atoms. The molecule has 0 radical (unpaired) electrons. The SMILES string of the molecule is CN(C)c1ccc([C@H](CNS(=O)(=O)c2ccc(Br)cc2)N2CCOCC2)cc1. The molecule has 1 N–H and O–H groups in total. The van der Waals surface area contributed by atoms with Crippen LogP contribution < -0.4 is 9.62 Å². The molecule has 28 heavy (non-hydrogen) atoms. The maximum Gasteiger partial charge on any atom is 0.240 e. The Kier molecular flexibility index (Phi) is 7.11. The lowest BCUT2D eigenvalue weighted by molar-refractivity contribution is 0.0172. The van der Waals surface area contributed by atoms with Crippen molar-refractivity contribution in [1.29, 1.82) is 0 Å². The molecule has 1 fully saturated rings. The Morgan fingerprint density at radius 2 is 1.68 bits per heavy atom. The molecule has 0 aromatic heterocycles. The summed E-state index contributed by atoms with van der Waals surface area (Å²) < 4.78 is 34.6. The van der Waals surface area contributed by atoms with Crippen molar-refractivity contribution < 1.29 is 13.2 Å². The van der Waals surface area contributed by atoms with Gasteiger partial charge in [0.25, 0.3) is 0 Å². The van der Waals surface area contributed by atoms with Gasteiger partial charge in [-0.3, -0.25) is 4.90 Å². The Hall–Kier alpha value is -1.45. The van der Waals surface area contributed by atoms with E-state index < -0.39 is 10.0 Å². The van der Waals surface area contributed by atoms with Crippen molar-refractivity contribution in [2.75, 3.05) is 51.8 Å². The van der Waals surface area contributed by atoms with Crippen molar-refractivity contribution in [3.8, 4) is 0 Å². The van der Waals surface area contributed by atoms with Gasteiger partial charge in [-0.1, -0.05) is 28.1 Å². The van der Waals surface area contributed by atoms with Crippen molar-refractivity contribution in [3.63, 3.8) is 0 Å². The smallest absolute Gasteiger partial charge is 0.240 e. The molecule has 2 aromatic rings. The minimum atomic E-state index is -3.58. The van der Waals surface area contributed by atoms with E-state index in [0.29, 0.717) is 19.8 Å². The topological polar surface area (TPSA) is 61.9 Å². The van der Waals surface area contributed by atoms with E-state index in [1.165, 1.54) is 0 Å². The Labute approximate surface area is 175 Å². The molecule has 1 heterocycles. The zero-order valence-corrected chi connectivity index (χ0v) is 18.5. The molecule has 152 valence electrons. The van der Waals surface area contributed by atoms with E-state index in [1.807, 2.05) is 19.0 Å². The lowest BCUT2D eigenvalue weighted by Crippen LogP contribution is -2.43. The maximum atomic E-state index is 12.7. The summed E-state index contributed by atoms with van der Waals surface area (Å²) in [6.45, 7) is 3.18. The normalized spacial score (nSPS) is 16.7. The summed E-state index contributed by atoms with van der Waals surface area (Å²) in [4.78, 5) is 4.58. The van der Waals surface area contributed by atoms with Crippen LogP contribution in [0.3, 0.4) is 0 Å². The highest BCUT2D eigenvalue weighted by Crippen LogP contribution is 2.24. The Morgan fingerprint density at radius 3 is 2.25 bits per heavy atom. The average molecular weight is 468 g/mol. The summed E-state index contributed by atoms with van der Waals surface area (Å²) in [5, 5.41) is 0. The third-order valence-corrected chi connectivity index (χ3v) is 6.84. The number of sulfonamides is 1. The fourth-order valence-corrected chi connectivity index (χ4v) is 4.53. The molecule has 0 amide bonds. The number of benzene rings is 2. The van der Waals surface area contributed by atoms with E-state index >= 15 is 0 Å². The largest absolute Gasteiger partial charge is 0.379 e. The highest BCUT2D eigenvalue weighted by Gasteiger charge is 2.25. The first kappa shape index (κ1) is 21.3. The first-order valence-corrected chi connectivity index (χ1v) is 11.5. The van der Waals surface area contributed by atoms with Gasteiger partial charge in [0.15, 0.2) is 0 Å². The fraction of sp³-hybridized carbons (Fsp3) is 0.400. The van der Waals surface area contributed by atoms with Gasteiger partial charge in [0.2, 0.25) is 10.0 Å². The van der Waals surface area contributed by atoms with Crippen molar-refractivity contribution in [2.45, 2.75) is 10.9 Å². The summed E-state index contributed by atoms with van der Waals surface area (Å²) in [7, 11) is 0.424. The van der Waals surface area contributed by atoms with Crippen LogP contribution in [0.5, 0.6) is 0 Å². The van der Waals surface area contributed by atoms with Crippen LogP contribution in [0.1, 0.15) is 11.6 Å². The molecular weight excluding hydrogens is 442 g/mol. The molecule has 1 atom stereocenters. The highest BCUT2D eigenvalue weighted by atomic mass is 79.9. The van der Waals surface area contributed by atoms with Gasteiger partial charge in [0, 0.05) is 49.9 Å². The van der Waals surface area contributed by atoms with E-state index in [2.05, 4.69) is 49.8 Å². The van der Waals surface area contributed by atoms with Crippen molar-refractivity contribution in [1.82, 2.24) is 9.62 Å². The second-order valence-corrected chi connectivity index (χ2v) is 9.64. The third-order valence-electron chi connectivity index (χ3n) is 4.87. The number of rotatable bonds is 7. The standard InChI is InChI=1S/C20H26BrN3O3S/c1-23(2)18-7-3-16(4-8-18)20(24-11-13-27-14-12-24)15-22-28(25,26)19-9-5-17(21)6-10-19/h3-10,20,22H,11-15H2,1-2H3/t20-/m0/s1. The van der Waals surface area contributed by atoms with Gasteiger partial charge in [-0.25, -0.2) is 13.1 Å². The van der Waals surface area contributed by atoms with Crippen LogP contribution in [0.15, 0.2) is 57.9 Å². The molecule has 1 aliphatic rings. The number of anilines is 1. The van der Waals surface area contributed by atoms with Gasteiger partial charge in [0.05, 0.1) is 18.1 Å². The molecule has 3 rings (SSSR count). The third kappa shape index (κ3) is 5.33. The lowest BCUT2D eigenvalue weighted by atomic mass is 10.0. The molecule has 2 aromatic carbocycles. The number of hydrogen-bond acceptors (Lipinski definition) is 5. The summed E-state index contributed by atoms with van der Waals surface area (Å²) in [6.07, 6.45) is 0. The van der Waals surface area contributed by atoms with E-state index in [1.54, 1.807) is 24.3 Å². The summed E-state index contributed by atoms with van der Waals surface area (Å²) in [5.74, 6) is 0. The van der Waals surface area contributed by atoms with Gasteiger partial charge in [-0.15, -0.1) is 0 Å². The average Bonchev–Trinajstić information content (AvgIpc) is 2.69. The quantitative estimate of drug-likeness (QED) is 0.678. The van der Waals surface area contributed by atoms with Gasteiger partial charge < -0.3 is 9.64 Å². The summed E-state index contributed by atoms with van der Waals surface area (Å²) in [5.41, 5.74) is 2.20. The van der Waals surface area contributed by atoms with Gasteiger partial charge in [0.1, 0.15) is 0 Å². The van der Waals surface area contributed by atoms with Crippen LogP contribution in [-0.2, 0) is 14.8 Å². The Bertz CT molecular complexity index is 865. The summed E-state index contributed by atoms with van der Waals surface area (Å²) >= 11 is 3.34. The molecule has 0 saturated carbocycles. The number of nitrogens with zero attached hydrogens (tertiary/aromatic N) is 2. The second-order valence-electron chi connectivity index (χ2n) is 6.96. The van der Waals surface area contributed by atoms with Crippen molar-refractivity contribution in [2.24, 2.45) is 0 Å². The number of ether oxygens (including phenoxy) is 1. The van der Waals surface area contributed by atoms with Crippen molar-refractivity contribution >= 4 is 31.6 Å². The first-order valence-electron chi connectivity index (χ1n) is 9.21. The minimum absolute atomic E-state index is 0.0506. The van der Waals surface area contributed by atoms with Crippen molar-refractivity contribution in [3.05, 3.63) is 58.6 Å². The predicted octanol–water partition coefficient (Wildman–Crippen LogP) is 2.87. The molecule has 1 aliphatic heterocycles. The number of halogens is 1. The zero-order valence-electron chi connectivity index (χ0n) is 16.1. The monoisotopic (exact) mass is 467 g/mol. The molecule has 0 spiro atoms. The van der Waals surface area contributed by atoms with Crippen LogP contribution in [0.4, 0.5) is 5.69 Å². The van der Waals surface area contributed by atoms with Crippen LogP contribution in [0, 0.1) is 0 Å². The lowest BCUT2D eigenvalue weighted by Gasteiger charge is -2.35. The summed E-state index contributed by atoms with van der Waals surface area (Å²) in [6, 6.07) is 14.9. The van der Waals surface area contributed by atoms with Gasteiger partial charge in [-0.2, -0.15) is 0 Å². The molecular formula is C20H26BrN3O3S. The Balaban J connectivity index is 1.79. The van der Waals surface area contributed by atoms with Crippen LogP contribution in [0.25, 0.3) is 0 Å². The zero-order chi connectivity index (χ0) is 20.1. The molecule has 0 aliphatic carbocycles. The predicted molar refractivity (Wildman–Crippen MR) is 115 cm³/mol. The van der Waals surface area contributed by atoms with Gasteiger partial charge in [-0.05, 0) is 42.0 Å². The highest BCUT2D eigenvalue weighted by molar-refractivity contribution is 9.10. The molecule has 1 saturated heterocycles. The maximum absolute atomic E-state index is 12.7. The number of hydrogen-bond donors (Lipinski definition) is 1. The van der Waals surface area contributed by atoms with Crippen LogP contribution in [0.2, 0.25) is 0 Å². The fourth-order valence-electron chi connectivity index (χ4n) is 3.23. The minimum Gasteiger partial charge on any atom is -0.379 e. The number of nitrogens with one attached hydrogen (secondary N) is 1. The van der Waals surface area contributed by atoms with Crippen LogP contribution >= 0.6 is 15.9 Å². The van der Waals surface area contributed by atoms with Gasteiger partial charge >= 0.3 is 0 Å². The second kappa shape index (κ2) is 9.37. The molecule has 0 unspecified atom stereocenters. The molecule has 8 heteroatoms. The first-order chi connectivity index (χ1) is 13.4. The molecule has 6 nitrogen and oxygen atoms in total. The van der Waals surface area contributed by atoms with Crippen LogP contribution in [-0.4, -0.2) is 60.3 Å². The van der Waals surface area contributed by atoms with E-state index in [0.717, 1.165) is 28.8 Å². The van der Waals surface area contributed by atoms with E-state index in [4.69, 9.17) is 4.74 Å².